The Labute approximate surface area is 45.1 Å². The SMILES string of the molecule is CNc1coc(=O)o1. The molecule has 8 heavy (non-hydrogen) atoms. The van der Waals surface area contributed by atoms with E-state index < -0.39 is 5.82 Å². The summed E-state index contributed by atoms with van der Waals surface area (Å²) in [4.78, 5) is 10.1. The highest BCUT2D eigenvalue weighted by atomic mass is 16.6. The third-order valence-corrected chi connectivity index (χ3v) is 0.702. The smallest absolute Gasteiger partial charge is 0.397 e. The van der Waals surface area contributed by atoms with Gasteiger partial charge >= 0.3 is 5.82 Å². The van der Waals surface area contributed by atoms with Crippen LogP contribution in [-0.2, 0) is 0 Å². The highest BCUT2D eigenvalue weighted by molar-refractivity contribution is 5.21. The van der Waals surface area contributed by atoms with Gasteiger partial charge in [0.05, 0.1) is 0 Å². The van der Waals surface area contributed by atoms with Crippen molar-refractivity contribution in [3.05, 3.63) is 16.9 Å². The number of hydrogen-bond acceptors (Lipinski definition) is 4. The summed E-state index contributed by atoms with van der Waals surface area (Å²) in [6, 6.07) is 0. The molecule has 0 aliphatic carbocycles. The monoisotopic (exact) mass is 115 g/mol. The van der Waals surface area contributed by atoms with Crippen molar-refractivity contribution in [2.45, 2.75) is 0 Å². The van der Waals surface area contributed by atoms with Crippen molar-refractivity contribution < 1.29 is 8.83 Å². The number of anilines is 1. The van der Waals surface area contributed by atoms with E-state index in [1.54, 1.807) is 7.05 Å². The van der Waals surface area contributed by atoms with Crippen molar-refractivity contribution in [3.8, 4) is 0 Å². The van der Waals surface area contributed by atoms with Crippen LogP contribution >= 0.6 is 0 Å². The molecule has 0 radical (unpaired) electrons. The summed E-state index contributed by atoms with van der Waals surface area (Å²) in [6.07, 6.45) is 1.21. The first-order chi connectivity index (χ1) is 3.83. The third kappa shape index (κ3) is 0.726. The summed E-state index contributed by atoms with van der Waals surface area (Å²) in [5, 5.41) is 2.59. The molecule has 1 rings (SSSR count). The van der Waals surface area contributed by atoms with Crippen LogP contribution in [0, 0.1) is 0 Å². The molecule has 0 aliphatic rings. The second kappa shape index (κ2) is 1.73. The van der Waals surface area contributed by atoms with Gasteiger partial charge in [-0.2, -0.15) is 0 Å². The first-order valence-corrected chi connectivity index (χ1v) is 2.09. The zero-order valence-electron chi connectivity index (χ0n) is 4.30. The third-order valence-electron chi connectivity index (χ3n) is 0.702. The summed E-state index contributed by atoms with van der Waals surface area (Å²) in [5.74, 6) is -0.343. The van der Waals surface area contributed by atoms with Crippen LogP contribution in [-0.4, -0.2) is 7.05 Å². The average Bonchev–Trinajstić information content (AvgIpc) is 2.14. The minimum Gasteiger partial charge on any atom is -0.397 e. The summed E-state index contributed by atoms with van der Waals surface area (Å²) in [6.45, 7) is 0. The predicted molar refractivity (Wildman–Crippen MR) is 26.8 cm³/mol. The van der Waals surface area contributed by atoms with Crippen LogP contribution in [0.5, 0.6) is 0 Å². The van der Waals surface area contributed by atoms with E-state index in [0.29, 0.717) is 5.88 Å². The van der Waals surface area contributed by atoms with Crippen LogP contribution in [0.25, 0.3) is 0 Å². The first kappa shape index (κ1) is 4.96. The molecule has 0 saturated heterocycles. The van der Waals surface area contributed by atoms with Crippen LogP contribution in [0.3, 0.4) is 0 Å². The lowest BCUT2D eigenvalue weighted by molar-refractivity contribution is 0.390. The second-order valence-electron chi connectivity index (χ2n) is 1.20. The quantitative estimate of drug-likeness (QED) is 0.570. The van der Waals surface area contributed by atoms with Gasteiger partial charge in [0.2, 0.25) is 5.88 Å². The Bertz CT molecular complexity index is 211. The molecule has 0 atom stereocenters. The lowest BCUT2D eigenvalue weighted by Crippen LogP contribution is -1.88. The maximum atomic E-state index is 10.1. The van der Waals surface area contributed by atoms with E-state index in [0.717, 1.165) is 0 Å². The maximum absolute atomic E-state index is 10.1. The van der Waals surface area contributed by atoms with E-state index in [1.807, 2.05) is 0 Å². The minimum atomic E-state index is -0.686. The van der Waals surface area contributed by atoms with Gasteiger partial charge in [0.1, 0.15) is 0 Å². The van der Waals surface area contributed by atoms with Crippen LogP contribution in [0.15, 0.2) is 19.9 Å². The van der Waals surface area contributed by atoms with Crippen LogP contribution in [0.4, 0.5) is 5.88 Å². The molecule has 4 nitrogen and oxygen atoms in total. The van der Waals surface area contributed by atoms with E-state index in [1.165, 1.54) is 6.26 Å². The van der Waals surface area contributed by atoms with Crippen molar-refractivity contribution in [2.75, 3.05) is 12.4 Å². The number of hydrogen-bond donors (Lipinski definition) is 1. The molecule has 1 aromatic rings. The molecular weight excluding hydrogens is 110 g/mol. The van der Waals surface area contributed by atoms with E-state index in [4.69, 9.17) is 0 Å². The fraction of sp³-hybridized carbons (Fsp3) is 0.250. The van der Waals surface area contributed by atoms with Crippen molar-refractivity contribution in [2.24, 2.45) is 0 Å². The Morgan fingerprint density at radius 2 is 2.50 bits per heavy atom. The van der Waals surface area contributed by atoms with E-state index in [9.17, 15) is 4.79 Å². The molecule has 0 aromatic carbocycles. The van der Waals surface area contributed by atoms with Gasteiger partial charge in [-0.15, -0.1) is 0 Å². The molecule has 0 bridgehead atoms. The molecule has 44 valence electrons. The van der Waals surface area contributed by atoms with Crippen molar-refractivity contribution in [3.63, 3.8) is 0 Å². The molecule has 1 aromatic heterocycles. The van der Waals surface area contributed by atoms with Gasteiger partial charge in [0, 0.05) is 7.05 Å². The highest BCUT2D eigenvalue weighted by Crippen LogP contribution is 1.98. The second-order valence-corrected chi connectivity index (χ2v) is 1.20. The fourth-order valence-electron chi connectivity index (χ4n) is 0.349. The molecule has 0 fully saturated rings. The van der Waals surface area contributed by atoms with Crippen LogP contribution < -0.4 is 11.1 Å². The van der Waals surface area contributed by atoms with Gasteiger partial charge in [-0.05, 0) is 0 Å². The largest absolute Gasteiger partial charge is 0.520 e. The van der Waals surface area contributed by atoms with Crippen molar-refractivity contribution in [1.29, 1.82) is 0 Å². The Hall–Kier alpha value is -1.19. The fourth-order valence-corrected chi connectivity index (χ4v) is 0.349. The van der Waals surface area contributed by atoms with Gasteiger partial charge in [-0.1, -0.05) is 0 Å². The lowest BCUT2D eigenvalue weighted by Gasteiger charge is -1.81. The molecule has 0 saturated carbocycles. The Morgan fingerprint density at radius 3 is 2.75 bits per heavy atom. The highest BCUT2D eigenvalue weighted by Gasteiger charge is 1.93. The van der Waals surface area contributed by atoms with Crippen molar-refractivity contribution >= 4 is 5.88 Å². The summed E-state index contributed by atoms with van der Waals surface area (Å²) < 4.78 is 8.67. The summed E-state index contributed by atoms with van der Waals surface area (Å²) >= 11 is 0. The normalized spacial score (nSPS) is 9.12. The van der Waals surface area contributed by atoms with E-state index >= 15 is 0 Å². The molecule has 4 heteroatoms. The molecule has 1 N–H and O–H groups in total. The van der Waals surface area contributed by atoms with Gasteiger partial charge in [0.15, 0.2) is 6.26 Å². The molecule has 0 aliphatic heterocycles. The average molecular weight is 115 g/mol. The van der Waals surface area contributed by atoms with Crippen LogP contribution in [0.2, 0.25) is 0 Å². The van der Waals surface area contributed by atoms with E-state index in [2.05, 4.69) is 14.2 Å². The maximum Gasteiger partial charge on any atom is 0.520 e. The van der Waals surface area contributed by atoms with Gasteiger partial charge in [0.25, 0.3) is 0 Å². The predicted octanol–water partition coefficient (Wildman–Crippen LogP) is 0.274. The summed E-state index contributed by atoms with van der Waals surface area (Å²) in [7, 11) is 1.63. The number of nitrogens with one attached hydrogen (secondary N) is 1. The zero-order valence-corrected chi connectivity index (χ0v) is 4.30. The first-order valence-electron chi connectivity index (χ1n) is 2.09. The Balaban J connectivity index is 3.01. The van der Waals surface area contributed by atoms with Gasteiger partial charge < -0.3 is 14.2 Å². The Morgan fingerprint density at radius 1 is 1.75 bits per heavy atom. The Kier molecular flexibility index (Phi) is 1.07. The number of rotatable bonds is 1. The van der Waals surface area contributed by atoms with Gasteiger partial charge in [-0.3, -0.25) is 0 Å². The van der Waals surface area contributed by atoms with Crippen LogP contribution in [0.1, 0.15) is 0 Å². The van der Waals surface area contributed by atoms with E-state index in [-0.39, 0.29) is 0 Å². The summed E-state index contributed by atoms with van der Waals surface area (Å²) in [5.41, 5.74) is 0. The molecular formula is C4H5NO3. The minimum absolute atomic E-state index is 0.343. The molecule has 0 unspecified atom stereocenters. The standard InChI is InChI=1S/C4H5NO3/c1-5-3-2-7-4(6)8-3/h2,5H,1H3. The topological polar surface area (TPSA) is 55.4 Å². The molecule has 1 heterocycles. The van der Waals surface area contributed by atoms with Crippen molar-refractivity contribution in [1.82, 2.24) is 0 Å². The van der Waals surface area contributed by atoms with Gasteiger partial charge in [-0.25, -0.2) is 4.79 Å². The molecule has 0 spiro atoms. The molecule has 0 amide bonds. The lowest BCUT2D eigenvalue weighted by atomic mass is 10.8. The zero-order chi connectivity index (χ0) is 5.98.